The Bertz CT molecular complexity index is 1170. The van der Waals surface area contributed by atoms with E-state index in [1.807, 2.05) is 18.3 Å². The van der Waals surface area contributed by atoms with Crippen LogP contribution in [-0.4, -0.2) is 40.8 Å². The van der Waals surface area contributed by atoms with Crippen LogP contribution >= 0.6 is 0 Å². The number of fused-ring (bicyclic) bond motifs is 1. The summed E-state index contributed by atoms with van der Waals surface area (Å²) in [5.74, 6) is 0. The van der Waals surface area contributed by atoms with Crippen LogP contribution in [0.15, 0.2) is 73.3 Å². The third-order valence-corrected chi connectivity index (χ3v) is 5.46. The standard InChI is InChI=1S/C21H24N4O.C5H6N2/c1-3-26-18-8-10-25(14-18)21-11-15(2)23-20-12-16(6-7-19(20)21)24-17-5-4-9-22-13-17;6-5-1-3-7-4-2-5/h4-7,9,11-13,18,24H,3,8,10,14H2,1-2H3;1-4H,(H2,6,7)/t18-;/m0./s1. The number of aryl methyl sites for hydroxylation is 1. The first-order valence-electron chi connectivity index (χ1n) is 11.2. The number of ether oxygens (including phenoxy) is 1. The molecule has 4 heterocycles. The highest BCUT2D eigenvalue weighted by molar-refractivity contribution is 5.94. The average Bonchev–Trinajstić information content (AvgIpc) is 3.29. The quantitative estimate of drug-likeness (QED) is 0.451. The second-order valence-corrected chi connectivity index (χ2v) is 7.97. The Balaban J connectivity index is 0.000000318. The van der Waals surface area contributed by atoms with Crippen molar-refractivity contribution in [3.63, 3.8) is 0 Å². The van der Waals surface area contributed by atoms with Crippen LogP contribution in [0.5, 0.6) is 0 Å². The fraction of sp³-hybridized carbons (Fsp3) is 0.269. The second kappa shape index (κ2) is 10.7. The summed E-state index contributed by atoms with van der Waals surface area (Å²) in [7, 11) is 0. The van der Waals surface area contributed by atoms with Crippen molar-refractivity contribution in [3.05, 3.63) is 79.0 Å². The number of aromatic nitrogens is 3. The molecule has 0 spiro atoms. The van der Waals surface area contributed by atoms with Crippen LogP contribution in [0.4, 0.5) is 22.7 Å². The molecule has 1 aliphatic heterocycles. The topological polar surface area (TPSA) is 89.2 Å². The molecule has 1 saturated heterocycles. The number of benzene rings is 1. The minimum atomic E-state index is 0.329. The maximum absolute atomic E-state index is 5.81. The van der Waals surface area contributed by atoms with E-state index in [-0.39, 0.29) is 0 Å². The highest BCUT2D eigenvalue weighted by Crippen LogP contribution is 2.32. The fourth-order valence-corrected chi connectivity index (χ4v) is 3.96. The number of hydrogen-bond acceptors (Lipinski definition) is 7. The van der Waals surface area contributed by atoms with Crippen molar-refractivity contribution >= 4 is 33.7 Å². The Morgan fingerprint density at radius 2 is 1.91 bits per heavy atom. The summed E-state index contributed by atoms with van der Waals surface area (Å²) in [6.07, 6.45) is 8.32. The van der Waals surface area contributed by atoms with Crippen LogP contribution < -0.4 is 16.0 Å². The van der Waals surface area contributed by atoms with Crippen LogP contribution in [0.3, 0.4) is 0 Å². The molecule has 7 heteroatoms. The largest absolute Gasteiger partial charge is 0.399 e. The highest BCUT2D eigenvalue weighted by atomic mass is 16.5. The number of rotatable bonds is 5. The molecule has 0 aliphatic carbocycles. The Hall–Kier alpha value is -3.71. The van der Waals surface area contributed by atoms with Crippen molar-refractivity contribution < 1.29 is 4.74 Å². The van der Waals surface area contributed by atoms with Crippen LogP contribution in [0, 0.1) is 6.92 Å². The molecule has 3 N–H and O–H groups in total. The van der Waals surface area contributed by atoms with E-state index in [1.165, 1.54) is 11.1 Å². The van der Waals surface area contributed by atoms with Crippen molar-refractivity contribution in [2.45, 2.75) is 26.4 Å². The van der Waals surface area contributed by atoms with Gasteiger partial charge in [-0.2, -0.15) is 0 Å². The smallest absolute Gasteiger partial charge is 0.0766 e. The number of nitrogens with two attached hydrogens (primary N) is 1. The molecule has 1 fully saturated rings. The van der Waals surface area contributed by atoms with Crippen LogP contribution in [0.2, 0.25) is 0 Å². The fourth-order valence-electron chi connectivity index (χ4n) is 3.96. The molecule has 0 amide bonds. The lowest BCUT2D eigenvalue weighted by atomic mass is 10.1. The second-order valence-electron chi connectivity index (χ2n) is 7.97. The van der Waals surface area contributed by atoms with E-state index in [2.05, 4.69) is 58.3 Å². The van der Waals surface area contributed by atoms with E-state index in [1.54, 1.807) is 30.7 Å². The first-order valence-corrected chi connectivity index (χ1v) is 11.2. The van der Waals surface area contributed by atoms with Gasteiger partial charge in [0.15, 0.2) is 0 Å². The Kier molecular flexibility index (Phi) is 7.32. The number of pyridine rings is 3. The molecule has 7 nitrogen and oxygen atoms in total. The highest BCUT2D eigenvalue weighted by Gasteiger charge is 2.24. The van der Waals surface area contributed by atoms with Gasteiger partial charge in [-0.3, -0.25) is 15.0 Å². The summed E-state index contributed by atoms with van der Waals surface area (Å²) in [6.45, 7) is 6.87. The van der Waals surface area contributed by atoms with E-state index in [4.69, 9.17) is 15.5 Å². The van der Waals surface area contributed by atoms with Gasteiger partial charge in [0.2, 0.25) is 0 Å². The third kappa shape index (κ3) is 5.96. The van der Waals surface area contributed by atoms with Crippen molar-refractivity contribution in [3.8, 4) is 0 Å². The molecule has 33 heavy (non-hydrogen) atoms. The van der Waals surface area contributed by atoms with Gasteiger partial charge < -0.3 is 20.7 Å². The van der Waals surface area contributed by atoms with E-state index in [0.29, 0.717) is 6.10 Å². The molecule has 1 aromatic carbocycles. The van der Waals surface area contributed by atoms with Crippen molar-refractivity contribution in [1.29, 1.82) is 0 Å². The van der Waals surface area contributed by atoms with Gasteiger partial charge in [-0.05, 0) is 68.8 Å². The monoisotopic (exact) mass is 442 g/mol. The first kappa shape index (κ1) is 22.5. The van der Waals surface area contributed by atoms with Gasteiger partial charge in [0.1, 0.15) is 0 Å². The minimum absolute atomic E-state index is 0.329. The Labute approximate surface area is 194 Å². The zero-order valence-corrected chi connectivity index (χ0v) is 19.1. The van der Waals surface area contributed by atoms with Crippen LogP contribution in [0.25, 0.3) is 10.9 Å². The van der Waals surface area contributed by atoms with Crippen molar-refractivity contribution in [2.75, 3.05) is 35.6 Å². The number of nitrogen functional groups attached to an aromatic ring is 1. The molecule has 1 aliphatic rings. The van der Waals surface area contributed by atoms with Gasteiger partial charge in [0.05, 0.1) is 23.5 Å². The van der Waals surface area contributed by atoms with Gasteiger partial charge >= 0.3 is 0 Å². The molecular formula is C26H30N6O. The molecule has 5 rings (SSSR count). The van der Waals surface area contributed by atoms with Gasteiger partial charge in [-0.15, -0.1) is 0 Å². The van der Waals surface area contributed by atoms with E-state index < -0.39 is 0 Å². The maximum Gasteiger partial charge on any atom is 0.0766 e. The Morgan fingerprint density at radius 3 is 2.61 bits per heavy atom. The SMILES string of the molecule is CCO[C@H]1CCN(c2cc(C)nc3cc(Nc4cccnc4)ccc23)C1.Nc1ccncc1. The van der Waals surface area contributed by atoms with Gasteiger partial charge in [0.25, 0.3) is 0 Å². The predicted molar refractivity (Wildman–Crippen MR) is 135 cm³/mol. The lowest BCUT2D eigenvalue weighted by molar-refractivity contribution is 0.0788. The zero-order valence-electron chi connectivity index (χ0n) is 19.1. The lowest BCUT2D eigenvalue weighted by Crippen LogP contribution is -2.23. The van der Waals surface area contributed by atoms with Crippen molar-refractivity contribution in [2.24, 2.45) is 0 Å². The molecule has 1 atom stereocenters. The predicted octanol–water partition coefficient (Wildman–Crippen LogP) is 4.96. The zero-order chi connectivity index (χ0) is 23.0. The van der Waals surface area contributed by atoms with Crippen LogP contribution in [0.1, 0.15) is 19.0 Å². The number of hydrogen-bond donors (Lipinski definition) is 2. The average molecular weight is 443 g/mol. The summed E-state index contributed by atoms with van der Waals surface area (Å²) in [4.78, 5) is 15.1. The van der Waals surface area contributed by atoms with Crippen LogP contribution in [-0.2, 0) is 4.74 Å². The molecule has 3 aromatic heterocycles. The molecular weight excluding hydrogens is 412 g/mol. The summed E-state index contributed by atoms with van der Waals surface area (Å²) in [5, 5.41) is 4.58. The molecule has 0 radical (unpaired) electrons. The van der Waals surface area contributed by atoms with Gasteiger partial charge in [-0.25, -0.2) is 0 Å². The van der Waals surface area contributed by atoms with E-state index in [0.717, 1.165) is 54.4 Å². The normalized spacial score (nSPS) is 15.2. The first-order chi connectivity index (χ1) is 16.1. The molecule has 0 saturated carbocycles. The van der Waals surface area contributed by atoms with Gasteiger partial charge in [0, 0.05) is 66.4 Å². The van der Waals surface area contributed by atoms with E-state index in [9.17, 15) is 0 Å². The number of anilines is 4. The van der Waals surface area contributed by atoms with Crippen molar-refractivity contribution in [1.82, 2.24) is 15.0 Å². The molecule has 0 bridgehead atoms. The number of nitrogens with zero attached hydrogens (tertiary/aromatic N) is 4. The minimum Gasteiger partial charge on any atom is -0.399 e. The summed E-state index contributed by atoms with van der Waals surface area (Å²) < 4.78 is 5.81. The molecule has 170 valence electrons. The molecule has 4 aromatic rings. The summed E-state index contributed by atoms with van der Waals surface area (Å²) in [6, 6.07) is 16.0. The summed E-state index contributed by atoms with van der Waals surface area (Å²) in [5.41, 5.74) is 11.4. The maximum atomic E-state index is 5.81. The third-order valence-electron chi connectivity index (χ3n) is 5.46. The lowest BCUT2D eigenvalue weighted by Gasteiger charge is -2.21. The number of nitrogens with one attached hydrogen (secondary N) is 1. The van der Waals surface area contributed by atoms with E-state index >= 15 is 0 Å². The summed E-state index contributed by atoms with van der Waals surface area (Å²) >= 11 is 0. The molecule has 0 unspecified atom stereocenters. The van der Waals surface area contributed by atoms with Gasteiger partial charge in [-0.1, -0.05) is 0 Å². The Morgan fingerprint density at radius 1 is 1.06 bits per heavy atom.